The molecule has 3 N–H and O–H groups in total. The van der Waals surface area contributed by atoms with Gasteiger partial charge in [0.15, 0.2) is 0 Å². The molecule has 0 radical (unpaired) electrons. The Labute approximate surface area is 128 Å². The SMILES string of the molecule is CCN(CC)C(CNC(=O)C(C)(C)CN)c1ccccc1. The molecule has 1 rings (SSSR count). The minimum atomic E-state index is -0.523. The minimum Gasteiger partial charge on any atom is -0.354 e. The first-order valence-corrected chi connectivity index (χ1v) is 7.73. The van der Waals surface area contributed by atoms with Crippen LogP contribution in [0.1, 0.15) is 39.3 Å². The Hall–Kier alpha value is -1.39. The van der Waals surface area contributed by atoms with Gasteiger partial charge < -0.3 is 11.1 Å². The van der Waals surface area contributed by atoms with Crippen molar-refractivity contribution in [1.29, 1.82) is 0 Å². The third kappa shape index (κ3) is 4.83. The molecule has 0 saturated heterocycles. The fourth-order valence-corrected chi connectivity index (χ4v) is 2.32. The first-order chi connectivity index (χ1) is 9.96. The molecule has 1 aromatic carbocycles. The predicted octanol–water partition coefficient (Wildman–Crippen LogP) is 2.17. The summed E-state index contributed by atoms with van der Waals surface area (Å²) in [4.78, 5) is 14.6. The number of hydrogen-bond donors (Lipinski definition) is 2. The van der Waals surface area contributed by atoms with Crippen molar-refractivity contribution < 1.29 is 4.79 Å². The molecule has 0 aliphatic rings. The van der Waals surface area contributed by atoms with Crippen molar-refractivity contribution in [1.82, 2.24) is 10.2 Å². The Kier molecular flexibility index (Phi) is 6.85. The molecule has 1 aromatic rings. The summed E-state index contributed by atoms with van der Waals surface area (Å²) in [6, 6.07) is 10.5. The van der Waals surface area contributed by atoms with E-state index in [1.54, 1.807) is 0 Å². The zero-order chi connectivity index (χ0) is 15.9. The number of benzene rings is 1. The number of amides is 1. The Morgan fingerprint density at radius 1 is 1.24 bits per heavy atom. The summed E-state index contributed by atoms with van der Waals surface area (Å²) in [5.74, 6) is 0.0121. The fourth-order valence-electron chi connectivity index (χ4n) is 2.32. The van der Waals surface area contributed by atoms with Crippen LogP contribution in [0.4, 0.5) is 0 Å². The molecule has 1 amide bonds. The van der Waals surface area contributed by atoms with E-state index in [1.807, 2.05) is 32.0 Å². The maximum absolute atomic E-state index is 12.2. The van der Waals surface area contributed by atoms with Gasteiger partial charge in [-0.3, -0.25) is 9.69 Å². The second kappa shape index (κ2) is 8.15. The average Bonchev–Trinajstić information content (AvgIpc) is 2.51. The monoisotopic (exact) mass is 291 g/mol. The normalized spacial score (nSPS) is 13.2. The summed E-state index contributed by atoms with van der Waals surface area (Å²) in [7, 11) is 0. The van der Waals surface area contributed by atoms with Gasteiger partial charge in [0.05, 0.1) is 11.5 Å². The lowest BCUT2D eigenvalue weighted by Crippen LogP contribution is -2.45. The third-order valence-electron chi connectivity index (χ3n) is 4.02. The van der Waals surface area contributed by atoms with Crippen LogP contribution in [-0.4, -0.2) is 37.0 Å². The number of rotatable bonds is 8. The van der Waals surface area contributed by atoms with Crippen molar-refractivity contribution in [2.24, 2.45) is 11.1 Å². The van der Waals surface area contributed by atoms with Gasteiger partial charge in [0.25, 0.3) is 0 Å². The van der Waals surface area contributed by atoms with E-state index in [0.717, 1.165) is 13.1 Å². The quantitative estimate of drug-likeness (QED) is 0.772. The van der Waals surface area contributed by atoms with Crippen molar-refractivity contribution in [3.05, 3.63) is 35.9 Å². The highest BCUT2D eigenvalue weighted by atomic mass is 16.2. The molecule has 0 saturated carbocycles. The highest BCUT2D eigenvalue weighted by molar-refractivity contribution is 5.82. The molecule has 118 valence electrons. The summed E-state index contributed by atoms with van der Waals surface area (Å²) in [5.41, 5.74) is 6.37. The average molecular weight is 291 g/mol. The molecule has 0 aliphatic heterocycles. The molecule has 0 aliphatic carbocycles. The molecule has 0 fully saturated rings. The van der Waals surface area contributed by atoms with Gasteiger partial charge in [-0.1, -0.05) is 44.2 Å². The van der Waals surface area contributed by atoms with E-state index in [-0.39, 0.29) is 11.9 Å². The largest absolute Gasteiger partial charge is 0.354 e. The molecule has 1 unspecified atom stereocenters. The number of hydrogen-bond acceptors (Lipinski definition) is 3. The van der Waals surface area contributed by atoms with Crippen LogP contribution in [0.15, 0.2) is 30.3 Å². The topological polar surface area (TPSA) is 58.4 Å². The van der Waals surface area contributed by atoms with Crippen LogP contribution in [0, 0.1) is 5.41 Å². The maximum atomic E-state index is 12.2. The van der Waals surface area contributed by atoms with Gasteiger partial charge in [-0.25, -0.2) is 0 Å². The van der Waals surface area contributed by atoms with E-state index in [1.165, 1.54) is 5.56 Å². The molecule has 0 heterocycles. The van der Waals surface area contributed by atoms with Crippen molar-refractivity contribution in [3.63, 3.8) is 0 Å². The molecule has 1 atom stereocenters. The fraction of sp³-hybridized carbons (Fsp3) is 0.588. The van der Waals surface area contributed by atoms with Crippen molar-refractivity contribution in [3.8, 4) is 0 Å². The highest BCUT2D eigenvalue weighted by Gasteiger charge is 2.27. The Morgan fingerprint density at radius 2 is 1.81 bits per heavy atom. The summed E-state index contributed by atoms with van der Waals surface area (Å²) in [6.07, 6.45) is 0. The van der Waals surface area contributed by atoms with Gasteiger partial charge in [0, 0.05) is 13.1 Å². The number of nitrogens with zero attached hydrogens (tertiary/aromatic N) is 1. The van der Waals surface area contributed by atoms with Crippen LogP contribution < -0.4 is 11.1 Å². The first kappa shape index (κ1) is 17.7. The molecule has 0 spiro atoms. The zero-order valence-corrected chi connectivity index (χ0v) is 13.7. The van der Waals surface area contributed by atoms with E-state index in [4.69, 9.17) is 5.73 Å². The Bertz CT molecular complexity index is 427. The van der Waals surface area contributed by atoms with Gasteiger partial charge in [-0.2, -0.15) is 0 Å². The van der Waals surface area contributed by atoms with E-state index in [2.05, 4.69) is 36.2 Å². The number of likely N-dealkylation sites (N-methyl/N-ethyl adjacent to an activating group) is 1. The minimum absolute atomic E-state index is 0.0121. The van der Waals surface area contributed by atoms with E-state index in [9.17, 15) is 4.79 Å². The Balaban J connectivity index is 2.82. The smallest absolute Gasteiger partial charge is 0.227 e. The lowest BCUT2D eigenvalue weighted by atomic mass is 9.92. The number of carbonyl (C=O) groups excluding carboxylic acids is 1. The van der Waals surface area contributed by atoms with E-state index in [0.29, 0.717) is 13.1 Å². The van der Waals surface area contributed by atoms with Crippen LogP contribution >= 0.6 is 0 Å². The molecule has 21 heavy (non-hydrogen) atoms. The second-order valence-corrected chi connectivity index (χ2v) is 5.95. The van der Waals surface area contributed by atoms with Gasteiger partial charge in [0.2, 0.25) is 5.91 Å². The van der Waals surface area contributed by atoms with Crippen LogP contribution in [0.25, 0.3) is 0 Å². The number of carbonyl (C=O) groups is 1. The standard InChI is InChI=1S/C17H29N3O/c1-5-20(6-2)15(14-10-8-7-9-11-14)12-19-16(21)17(3,4)13-18/h7-11,15H,5-6,12-13,18H2,1-4H3,(H,19,21). The maximum Gasteiger partial charge on any atom is 0.227 e. The first-order valence-electron chi connectivity index (χ1n) is 7.73. The number of nitrogens with one attached hydrogen (secondary N) is 1. The second-order valence-electron chi connectivity index (χ2n) is 5.95. The lowest BCUT2D eigenvalue weighted by molar-refractivity contribution is -0.129. The highest BCUT2D eigenvalue weighted by Crippen LogP contribution is 2.20. The summed E-state index contributed by atoms with van der Waals surface area (Å²) < 4.78 is 0. The van der Waals surface area contributed by atoms with Crippen molar-refractivity contribution in [2.75, 3.05) is 26.2 Å². The van der Waals surface area contributed by atoms with Crippen LogP contribution in [0.3, 0.4) is 0 Å². The molecule has 4 nitrogen and oxygen atoms in total. The molecule has 0 aromatic heterocycles. The van der Waals surface area contributed by atoms with Crippen LogP contribution in [0.5, 0.6) is 0 Å². The van der Waals surface area contributed by atoms with Crippen LogP contribution in [0.2, 0.25) is 0 Å². The molecular formula is C17H29N3O. The third-order valence-corrected chi connectivity index (χ3v) is 4.02. The van der Waals surface area contributed by atoms with E-state index >= 15 is 0 Å². The molecule has 0 bridgehead atoms. The van der Waals surface area contributed by atoms with Crippen molar-refractivity contribution >= 4 is 5.91 Å². The van der Waals surface area contributed by atoms with Gasteiger partial charge in [-0.15, -0.1) is 0 Å². The van der Waals surface area contributed by atoms with E-state index < -0.39 is 5.41 Å². The van der Waals surface area contributed by atoms with Crippen molar-refractivity contribution in [2.45, 2.75) is 33.7 Å². The summed E-state index contributed by atoms with van der Waals surface area (Å²) in [5, 5.41) is 3.06. The number of nitrogens with two attached hydrogens (primary N) is 1. The van der Waals surface area contributed by atoms with Gasteiger partial charge in [-0.05, 0) is 32.5 Å². The Morgan fingerprint density at radius 3 is 2.29 bits per heavy atom. The lowest BCUT2D eigenvalue weighted by Gasteiger charge is -2.31. The molecular weight excluding hydrogens is 262 g/mol. The zero-order valence-electron chi connectivity index (χ0n) is 13.7. The molecule has 4 heteroatoms. The predicted molar refractivity (Wildman–Crippen MR) is 87.9 cm³/mol. The van der Waals surface area contributed by atoms with Gasteiger partial charge in [0.1, 0.15) is 0 Å². The van der Waals surface area contributed by atoms with Gasteiger partial charge >= 0.3 is 0 Å². The summed E-state index contributed by atoms with van der Waals surface area (Å²) >= 11 is 0. The summed E-state index contributed by atoms with van der Waals surface area (Å²) in [6.45, 7) is 10.9. The van der Waals surface area contributed by atoms with Crippen LogP contribution in [-0.2, 0) is 4.79 Å².